The van der Waals surface area contributed by atoms with Gasteiger partial charge in [0.05, 0.1) is 6.42 Å². The van der Waals surface area contributed by atoms with Gasteiger partial charge in [0.1, 0.15) is 0 Å². The minimum Gasteiger partial charge on any atom is -0.369 e. The lowest BCUT2D eigenvalue weighted by Gasteiger charge is -2.19. The zero-order chi connectivity index (χ0) is 13.5. The number of carbonyl (C=O) groups excluding carboxylic acids is 2. The number of amides is 2. The summed E-state index contributed by atoms with van der Waals surface area (Å²) in [6, 6.07) is 0.592. The van der Waals surface area contributed by atoms with Crippen molar-refractivity contribution in [2.24, 2.45) is 11.7 Å². The minimum absolute atomic E-state index is 0.108. The molecule has 1 saturated heterocycles. The minimum atomic E-state index is -0.369. The maximum Gasteiger partial charge on any atom is 0.223 e. The van der Waals surface area contributed by atoms with Gasteiger partial charge in [-0.05, 0) is 39.3 Å². The van der Waals surface area contributed by atoms with Gasteiger partial charge in [-0.3, -0.25) is 9.59 Å². The standard InChI is InChI=1S/C13H24N3O2/c1-10(13(14)18)5-6-12(17)15-8-7-11-4-3-9-16(11)2/h6,10-11H,3-5,7-9H2,1-2H3,(H2,14,18)(H,15,17)/t10?,11-/m0/s1. The Kier molecular flexibility index (Phi) is 6.12. The number of carbonyl (C=O) groups is 2. The number of likely N-dealkylation sites (tertiary alicyclic amines) is 1. The molecule has 0 aromatic carbocycles. The van der Waals surface area contributed by atoms with Crippen LogP contribution in [0.1, 0.15) is 32.6 Å². The van der Waals surface area contributed by atoms with Crippen LogP contribution in [0.15, 0.2) is 0 Å². The van der Waals surface area contributed by atoms with E-state index in [9.17, 15) is 9.59 Å². The molecule has 1 aliphatic heterocycles. The van der Waals surface area contributed by atoms with Gasteiger partial charge in [-0.15, -0.1) is 0 Å². The molecule has 1 unspecified atom stereocenters. The van der Waals surface area contributed by atoms with Gasteiger partial charge in [0.2, 0.25) is 11.8 Å². The third kappa shape index (κ3) is 5.04. The van der Waals surface area contributed by atoms with E-state index < -0.39 is 0 Å². The van der Waals surface area contributed by atoms with Crippen molar-refractivity contribution < 1.29 is 9.59 Å². The van der Waals surface area contributed by atoms with Crippen LogP contribution >= 0.6 is 0 Å². The number of hydrogen-bond acceptors (Lipinski definition) is 3. The molecule has 0 aromatic rings. The lowest BCUT2D eigenvalue weighted by molar-refractivity contribution is -0.121. The van der Waals surface area contributed by atoms with Gasteiger partial charge in [-0.25, -0.2) is 0 Å². The average molecular weight is 254 g/mol. The monoisotopic (exact) mass is 254 g/mol. The van der Waals surface area contributed by atoms with E-state index >= 15 is 0 Å². The highest BCUT2D eigenvalue weighted by molar-refractivity contribution is 5.85. The third-order valence-corrected chi connectivity index (χ3v) is 3.59. The highest BCUT2D eigenvalue weighted by atomic mass is 16.2. The normalized spacial score (nSPS) is 21.8. The van der Waals surface area contributed by atoms with Crippen molar-refractivity contribution in [2.45, 2.75) is 38.6 Å². The van der Waals surface area contributed by atoms with Crippen molar-refractivity contribution in [3.63, 3.8) is 0 Å². The van der Waals surface area contributed by atoms with Crippen LogP contribution < -0.4 is 11.1 Å². The highest BCUT2D eigenvalue weighted by Crippen LogP contribution is 2.16. The molecule has 0 bridgehead atoms. The second kappa shape index (κ2) is 7.36. The quantitative estimate of drug-likeness (QED) is 0.686. The summed E-state index contributed by atoms with van der Waals surface area (Å²) in [5, 5.41) is 2.85. The van der Waals surface area contributed by atoms with Crippen LogP contribution in [0.25, 0.3) is 0 Å². The molecule has 0 spiro atoms. The van der Waals surface area contributed by atoms with Crippen LogP contribution in [-0.2, 0) is 9.59 Å². The van der Waals surface area contributed by atoms with Crippen LogP contribution in [0.3, 0.4) is 0 Å². The molecule has 1 aliphatic rings. The van der Waals surface area contributed by atoms with Crippen LogP contribution in [0.2, 0.25) is 0 Å². The summed E-state index contributed by atoms with van der Waals surface area (Å²) in [5.41, 5.74) is 5.12. The molecule has 1 heterocycles. The number of nitrogens with one attached hydrogen (secondary N) is 1. The molecule has 5 heteroatoms. The van der Waals surface area contributed by atoms with Crippen LogP contribution in [0, 0.1) is 12.3 Å². The zero-order valence-electron chi connectivity index (χ0n) is 11.3. The maximum atomic E-state index is 11.5. The largest absolute Gasteiger partial charge is 0.369 e. The molecule has 103 valence electrons. The zero-order valence-corrected chi connectivity index (χ0v) is 11.3. The van der Waals surface area contributed by atoms with Gasteiger partial charge in [-0.2, -0.15) is 0 Å². The Labute approximate surface area is 109 Å². The van der Waals surface area contributed by atoms with Gasteiger partial charge in [0, 0.05) is 18.5 Å². The van der Waals surface area contributed by atoms with Gasteiger partial charge >= 0.3 is 0 Å². The Morgan fingerprint density at radius 3 is 2.83 bits per heavy atom. The first-order valence-electron chi connectivity index (χ1n) is 6.61. The second-order valence-electron chi connectivity index (χ2n) is 5.10. The first kappa shape index (κ1) is 15.0. The second-order valence-corrected chi connectivity index (χ2v) is 5.10. The Morgan fingerprint density at radius 2 is 2.28 bits per heavy atom. The van der Waals surface area contributed by atoms with Gasteiger partial charge in [0.25, 0.3) is 0 Å². The van der Waals surface area contributed by atoms with Gasteiger partial charge in [0.15, 0.2) is 0 Å². The van der Waals surface area contributed by atoms with E-state index in [4.69, 9.17) is 5.73 Å². The van der Waals surface area contributed by atoms with E-state index in [0.717, 1.165) is 13.0 Å². The fourth-order valence-corrected chi connectivity index (χ4v) is 2.18. The lowest BCUT2D eigenvalue weighted by atomic mass is 10.1. The molecular formula is C13H24N3O2. The Balaban J connectivity index is 2.08. The first-order chi connectivity index (χ1) is 8.50. The summed E-state index contributed by atoms with van der Waals surface area (Å²) in [7, 11) is 2.13. The van der Waals surface area contributed by atoms with Crippen molar-refractivity contribution >= 4 is 11.8 Å². The molecule has 0 aromatic heterocycles. The summed E-state index contributed by atoms with van der Waals surface area (Å²) in [6.45, 7) is 3.57. The van der Waals surface area contributed by atoms with Crippen LogP contribution in [0.4, 0.5) is 0 Å². The Bertz CT molecular complexity index is 294. The van der Waals surface area contributed by atoms with Crippen molar-refractivity contribution in [2.75, 3.05) is 20.1 Å². The van der Waals surface area contributed by atoms with Crippen molar-refractivity contribution in [1.82, 2.24) is 10.2 Å². The van der Waals surface area contributed by atoms with Crippen LogP contribution in [-0.4, -0.2) is 42.9 Å². The molecule has 18 heavy (non-hydrogen) atoms. The summed E-state index contributed by atoms with van der Waals surface area (Å²) in [4.78, 5) is 24.6. The SMILES string of the molecule is CC(C[CH]C(=O)NCC[C@@H]1CCCN1C)C(N)=O. The van der Waals surface area contributed by atoms with E-state index in [1.54, 1.807) is 6.92 Å². The van der Waals surface area contributed by atoms with Crippen molar-refractivity contribution in [3.8, 4) is 0 Å². The molecule has 1 radical (unpaired) electrons. The molecular weight excluding hydrogens is 230 g/mol. The summed E-state index contributed by atoms with van der Waals surface area (Å²) >= 11 is 0. The Morgan fingerprint density at radius 1 is 1.56 bits per heavy atom. The smallest absolute Gasteiger partial charge is 0.223 e. The molecule has 3 N–H and O–H groups in total. The maximum absolute atomic E-state index is 11.5. The fourth-order valence-electron chi connectivity index (χ4n) is 2.18. The number of hydrogen-bond donors (Lipinski definition) is 2. The molecule has 1 fully saturated rings. The van der Waals surface area contributed by atoms with Crippen molar-refractivity contribution in [1.29, 1.82) is 0 Å². The van der Waals surface area contributed by atoms with Crippen molar-refractivity contribution in [3.05, 3.63) is 6.42 Å². The van der Waals surface area contributed by atoms with Crippen LogP contribution in [0.5, 0.6) is 0 Å². The first-order valence-corrected chi connectivity index (χ1v) is 6.61. The molecule has 2 amide bonds. The number of nitrogens with zero attached hydrogens (tertiary/aromatic N) is 1. The summed E-state index contributed by atoms with van der Waals surface area (Å²) < 4.78 is 0. The van der Waals surface area contributed by atoms with E-state index in [-0.39, 0.29) is 17.7 Å². The third-order valence-electron chi connectivity index (χ3n) is 3.59. The predicted octanol–water partition coefficient (Wildman–Crippen LogP) is 0.303. The topological polar surface area (TPSA) is 75.4 Å². The molecule has 1 rings (SSSR count). The average Bonchev–Trinajstić information content (AvgIpc) is 2.72. The fraction of sp³-hybridized carbons (Fsp3) is 0.769. The van der Waals surface area contributed by atoms with E-state index in [1.165, 1.54) is 19.3 Å². The molecule has 0 aliphatic carbocycles. The number of nitrogens with two attached hydrogens (primary N) is 1. The summed E-state index contributed by atoms with van der Waals surface area (Å²) in [5.74, 6) is -0.757. The molecule has 0 saturated carbocycles. The van der Waals surface area contributed by atoms with E-state index in [2.05, 4.69) is 17.3 Å². The van der Waals surface area contributed by atoms with Gasteiger partial charge < -0.3 is 16.0 Å². The Hall–Kier alpha value is -1.10. The summed E-state index contributed by atoms with van der Waals surface area (Å²) in [6.07, 6.45) is 5.37. The number of primary amides is 1. The predicted molar refractivity (Wildman–Crippen MR) is 70.6 cm³/mol. The van der Waals surface area contributed by atoms with Gasteiger partial charge in [-0.1, -0.05) is 6.92 Å². The molecule has 5 nitrogen and oxygen atoms in total. The van der Waals surface area contributed by atoms with E-state index in [1.807, 2.05) is 0 Å². The lowest BCUT2D eigenvalue weighted by Crippen LogP contribution is -2.32. The molecule has 2 atom stereocenters. The number of rotatable bonds is 7. The van der Waals surface area contributed by atoms with E-state index in [0.29, 0.717) is 19.0 Å². The highest BCUT2D eigenvalue weighted by Gasteiger charge is 2.20.